The lowest BCUT2D eigenvalue weighted by atomic mass is 10.1. The second kappa shape index (κ2) is 6.42. The van der Waals surface area contributed by atoms with Crippen molar-refractivity contribution >= 4 is 39.1 Å². The number of carbonyl (C=O) groups excluding carboxylic acids is 1. The molecule has 1 atom stereocenters. The minimum absolute atomic E-state index is 0.131. The van der Waals surface area contributed by atoms with Crippen LogP contribution >= 0.6 is 27.5 Å². The maximum Gasteiger partial charge on any atom is 0.255 e. The van der Waals surface area contributed by atoms with Gasteiger partial charge in [-0.2, -0.15) is 0 Å². The van der Waals surface area contributed by atoms with Gasteiger partial charge in [-0.1, -0.05) is 40.2 Å². The van der Waals surface area contributed by atoms with Gasteiger partial charge in [0.25, 0.3) is 5.91 Å². The summed E-state index contributed by atoms with van der Waals surface area (Å²) in [4.78, 5) is 12.4. The summed E-state index contributed by atoms with van der Waals surface area (Å²) in [5.41, 5.74) is 3.24. The van der Waals surface area contributed by atoms with E-state index in [1.807, 2.05) is 56.3 Å². The number of hydrogen-bond acceptors (Lipinski definition) is 1. The maximum atomic E-state index is 12.4. The number of benzene rings is 2. The first-order chi connectivity index (χ1) is 9.49. The van der Waals surface area contributed by atoms with Crippen LogP contribution in [-0.4, -0.2) is 5.91 Å². The van der Waals surface area contributed by atoms with Gasteiger partial charge in [0.2, 0.25) is 0 Å². The van der Waals surface area contributed by atoms with Crippen molar-refractivity contribution in [2.45, 2.75) is 19.2 Å². The molecule has 1 amide bonds. The topological polar surface area (TPSA) is 29.1 Å². The van der Waals surface area contributed by atoms with Crippen molar-refractivity contribution in [1.82, 2.24) is 0 Å². The zero-order valence-electron chi connectivity index (χ0n) is 11.3. The van der Waals surface area contributed by atoms with Crippen molar-refractivity contribution in [2.75, 3.05) is 5.32 Å². The molecule has 2 aromatic rings. The summed E-state index contributed by atoms with van der Waals surface area (Å²) >= 11 is 9.52. The van der Waals surface area contributed by atoms with Gasteiger partial charge >= 0.3 is 0 Å². The van der Waals surface area contributed by atoms with Crippen molar-refractivity contribution in [2.24, 2.45) is 0 Å². The number of alkyl halides is 1. The molecule has 0 aliphatic carbocycles. The summed E-state index contributed by atoms with van der Waals surface area (Å²) in [5, 5.41) is 2.77. The van der Waals surface area contributed by atoms with Gasteiger partial charge in [-0.3, -0.25) is 4.79 Å². The molecule has 0 saturated carbocycles. The Morgan fingerprint density at radius 3 is 2.65 bits per heavy atom. The summed E-state index contributed by atoms with van der Waals surface area (Å²) in [6.07, 6.45) is 0. The minimum atomic E-state index is -0.157. The summed E-state index contributed by atoms with van der Waals surface area (Å²) in [6.45, 7) is 3.80. The molecular formula is C16H15BrClNO. The highest BCUT2D eigenvalue weighted by Crippen LogP contribution is 2.27. The normalized spacial score (nSPS) is 12.0. The van der Waals surface area contributed by atoms with Gasteiger partial charge in [0.05, 0.1) is 5.38 Å². The second-order valence-corrected chi connectivity index (χ2v) is 6.19. The molecule has 0 aliphatic rings. The van der Waals surface area contributed by atoms with Crippen LogP contribution in [0.25, 0.3) is 0 Å². The molecule has 0 saturated heterocycles. The van der Waals surface area contributed by atoms with Crippen molar-refractivity contribution in [3.8, 4) is 0 Å². The Labute approximate surface area is 132 Å². The summed E-state index contributed by atoms with van der Waals surface area (Å²) in [5.74, 6) is -0.131. The van der Waals surface area contributed by atoms with Crippen LogP contribution in [0.1, 0.15) is 33.8 Å². The first-order valence-electron chi connectivity index (χ1n) is 6.29. The summed E-state index contributed by atoms with van der Waals surface area (Å²) < 4.78 is 0.882. The number of anilines is 1. The SMILES string of the molecule is Cc1ccc(Br)cc1C(=O)Nc1ccccc1C(C)Cl. The molecule has 1 unspecified atom stereocenters. The third-order valence-electron chi connectivity index (χ3n) is 3.08. The van der Waals surface area contributed by atoms with E-state index in [0.29, 0.717) is 5.56 Å². The second-order valence-electron chi connectivity index (χ2n) is 4.62. The molecule has 2 rings (SSSR count). The molecule has 20 heavy (non-hydrogen) atoms. The van der Waals surface area contributed by atoms with E-state index in [1.54, 1.807) is 0 Å². The van der Waals surface area contributed by atoms with Crippen LogP contribution in [0.5, 0.6) is 0 Å². The fraction of sp³-hybridized carbons (Fsp3) is 0.188. The third kappa shape index (κ3) is 3.41. The van der Waals surface area contributed by atoms with Crippen molar-refractivity contribution in [3.63, 3.8) is 0 Å². The Hall–Kier alpha value is -1.32. The molecule has 2 aromatic carbocycles. The van der Waals surface area contributed by atoms with Crippen LogP contribution in [0.4, 0.5) is 5.69 Å². The first kappa shape index (κ1) is 15.1. The van der Waals surface area contributed by atoms with Crippen molar-refractivity contribution in [1.29, 1.82) is 0 Å². The summed E-state index contributed by atoms with van der Waals surface area (Å²) in [7, 11) is 0. The zero-order valence-corrected chi connectivity index (χ0v) is 13.6. The highest BCUT2D eigenvalue weighted by atomic mass is 79.9. The smallest absolute Gasteiger partial charge is 0.255 e. The molecule has 0 radical (unpaired) electrons. The number of hydrogen-bond donors (Lipinski definition) is 1. The average molecular weight is 353 g/mol. The molecule has 0 aliphatic heterocycles. The third-order valence-corrected chi connectivity index (χ3v) is 3.81. The molecule has 2 nitrogen and oxygen atoms in total. The van der Waals surface area contributed by atoms with Gasteiger partial charge in [0.1, 0.15) is 0 Å². The molecule has 4 heteroatoms. The number of para-hydroxylation sites is 1. The molecule has 0 fully saturated rings. The number of amides is 1. The van der Waals surface area contributed by atoms with Gasteiger partial charge in [0.15, 0.2) is 0 Å². The van der Waals surface area contributed by atoms with Crippen LogP contribution in [0.15, 0.2) is 46.9 Å². The predicted octanol–water partition coefficient (Wildman–Crippen LogP) is 5.31. The van der Waals surface area contributed by atoms with E-state index in [1.165, 1.54) is 0 Å². The van der Waals surface area contributed by atoms with E-state index in [-0.39, 0.29) is 11.3 Å². The monoisotopic (exact) mass is 351 g/mol. The number of nitrogens with one attached hydrogen (secondary N) is 1. The lowest BCUT2D eigenvalue weighted by Gasteiger charge is -2.13. The van der Waals surface area contributed by atoms with Crippen LogP contribution in [0.2, 0.25) is 0 Å². The lowest BCUT2D eigenvalue weighted by Crippen LogP contribution is -2.14. The standard InChI is InChI=1S/C16H15BrClNO/c1-10-7-8-12(17)9-14(10)16(20)19-15-6-4-3-5-13(15)11(2)18/h3-9,11H,1-2H3,(H,19,20). The fourth-order valence-corrected chi connectivity index (χ4v) is 2.54. The van der Waals surface area contributed by atoms with Crippen molar-refractivity contribution < 1.29 is 4.79 Å². The Morgan fingerprint density at radius 1 is 1.25 bits per heavy atom. The molecule has 0 bridgehead atoms. The van der Waals surface area contributed by atoms with E-state index >= 15 is 0 Å². The van der Waals surface area contributed by atoms with E-state index < -0.39 is 0 Å². The van der Waals surface area contributed by atoms with Crippen LogP contribution in [-0.2, 0) is 0 Å². The molecular weight excluding hydrogens is 338 g/mol. The van der Waals surface area contributed by atoms with E-state index in [4.69, 9.17) is 11.6 Å². The Bertz CT molecular complexity index is 640. The average Bonchev–Trinajstić information content (AvgIpc) is 2.41. The van der Waals surface area contributed by atoms with Crippen LogP contribution in [0.3, 0.4) is 0 Å². The van der Waals surface area contributed by atoms with E-state index in [2.05, 4.69) is 21.2 Å². The van der Waals surface area contributed by atoms with Crippen LogP contribution < -0.4 is 5.32 Å². The Morgan fingerprint density at radius 2 is 1.95 bits per heavy atom. The fourth-order valence-electron chi connectivity index (χ4n) is 1.99. The number of halogens is 2. The Kier molecular flexibility index (Phi) is 4.84. The molecule has 0 heterocycles. The molecule has 0 aromatic heterocycles. The lowest BCUT2D eigenvalue weighted by molar-refractivity contribution is 0.102. The van der Waals surface area contributed by atoms with E-state index in [9.17, 15) is 4.79 Å². The first-order valence-corrected chi connectivity index (χ1v) is 7.52. The quantitative estimate of drug-likeness (QED) is 0.745. The van der Waals surface area contributed by atoms with Gasteiger partial charge in [0, 0.05) is 15.7 Å². The molecule has 1 N–H and O–H groups in total. The van der Waals surface area contributed by atoms with Gasteiger partial charge in [-0.15, -0.1) is 11.6 Å². The van der Waals surface area contributed by atoms with Gasteiger partial charge < -0.3 is 5.32 Å². The Balaban J connectivity index is 2.31. The highest BCUT2D eigenvalue weighted by Gasteiger charge is 2.13. The van der Waals surface area contributed by atoms with Crippen molar-refractivity contribution in [3.05, 3.63) is 63.6 Å². The maximum absolute atomic E-state index is 12.4. The largest absolute Gasteiger partial charge is 0.322 e. The highest BCUT2D eigenvalue weighted by molar-refractivity contribution is 9.10. The van der Waals surface area contributed by atoms with Gasteiger partial charge in [-0.05, 0) is 43.2 Å². The predicted molar refractivity (Wildman–Crippen MR) is 87.5 cm³/mol. The number of carbonyl (C=O) groups is 1. The molecule has 0 spiro atoms. The van der Waals surface area contributed by atoms with Gasteiger partial charge in [-0.25, -0.2) is 0 Å². The molecule has 104 valence electrons. The minimum Gasteiger partial charge on any atom is -0.322 e. The van der Waals surface area contributed by atoms with E-state index in [0.717, 1.165) is 21.3 Å². The van der Waals surface area contributed by atoms with Crippen LogP contribution in [0, 0.1) is 6.92 Å². The number of rotatable bonds is 3. The zero-order chi connectivity index (χ0) is 14.7. The summed E-state index contributed by atoms with van der Waals surface area (Å²) in [6, 6.07) is 13.2. The number of aryl methyl sites for hydroxylation is 1.